The van der Waals surface area contributed by atoms with Crippen LogP contribution in [0.2, 0.25) is 0 Å². The van der Waals surface area contributed by atoms with Gasteiger partial charge < -0.3 is 8.83 Å². The van der Waals surface area contributed by atoms with E-state index in [9.17, 15) is 0 Å². The van der Waals surface area contributed by atoms with E-state index in [-0.39, 0.29) is 0 Å². The minimum absolute atomic E-state index is 0.697. The summed E-state index contributed by atoms with van der Waals surface area (Å²) < 4.78 is 14.3. The van der Waals surface area contributed by atoms with E-state index in [1.165, 1.54) is 60.5 Å². The molecule has 0 spiro atoms. The fourth-order valence-electron chi connectivity index (χ4n) is 10.6. The highest BCUT2D eigenvalue weighted by molar-refractivity contribution is 6.28. The molecule has 2 heteroatoms. The lowest BCUT2D eigenvalue weighted by molar-refractivity contribution is 0.665. The predicted octanol–water partition coefficient (Wildman–Crippen LogP) is 15.5. The molecule has 2 heterocycles. The van der Waals surface area contributed by atoms with E-state index in [1.54, 1.807) is 0 Å². The van der Waals surface area contributed by atoms with Crippen molar-refractivity contribution in [3.8, 4) is 33.4 Å². The number of hydrogen-bond donors (Lipinski definition) is 0. The summed E-state index contributed by atoms with van der Waals surface area (Å²) in [6.07, 6.45) is 0. The maximum atomic E-state index is 7.28. The van der Waals surface area contributed by atoms with E-state index in [4.69, 9.17) is 8.83 Å². The first-order valence-corrected chi connectivity index (χ1v) is 20.3. The van der Waals surface area contributed by atoms with Gasteiger partial charge in [0.05, 0.1) is 5.41 Å². The molecule has 10 aromatic carbocycles. The lowest BCUT2D eigenvalue weighted by atomic mass is 9.67. The number of para-hydroxylation sites is 2. The second-order valence-corrected chi connectivity index (χ2v) is 15.8. The molecule has 59 heavy (non-hydrogen) atoms. The van der Waals surface area contributed by atoms with E-state index < -0.39 is 5.41 Å². The van der Waals surface area contributed by atoms with Crippen molar-refractivity contribution in [1.29, 1.82) is 0 Å². The Morgan fingerprint density at radius 1 is 0.305 bits per heavy atom. The highest BCUT2D eigenvalue weighted by Gasteiger charge is 2.49. The summed E-state index contributed by atoms with van der Waals surface area (Å²) in [5.74, 6) is 0. The molecule has 0 bridgehead atoms. The molecule has 0 aliphatic heterocycles. The van der Waals surface area contributed by atoms with E-state index in [0.717, 1.165) is 60.6 Å². The van der Waals surface area contributed by atoms with Gasteiger partial charge in [0.1, 0.15) is 22.3 Å². The van der Waals surface area contributed by atoms with Crippen molar-refractivity contribution in [3.63, 3.8) is 0 Å². The van der Waals surface area contributed by atoms with Crippen LogP contribution in [-0.2, 0) is 5.41 Å². The summed E-state index contributed by atoms with van der Waals surface area (Å²) >= 11 is 0. The van der Waals surface area contributed by atoms with Crippen LogP contribution in [0.25, 0.3) is 98.8 Å². The molecule has 0 amide bonds. The van der Waals surface area contributed by atoms with Gasteiger partial charge in [0.25, 0.3) is 0 Å². The molecule has 274 valence electrons. The number of rotatable bonds is 4. The third-order valence-corrected chi connectivity index (χ3v) is 12.9. The molecule has 2 aromatic heterocycles. The number of benzene rings is 10. The van der Waals surface area contributed by atoms with Crippen LogP contribution in [-0.4, -0.2) is 0 Å². The van der Waals surface area contributed by atoms with Gasteiger partial charge in [-0.05, 0) is 84.3 Å². The van der Waals surface area contributed by atoms with Gasteiger partial charge in [0, 0.05) is 32.7 Å². The summed E-state index contributed by atoms with van der Waals surface area (Å²) in [4.78, 5) is 0. The minimum atomic E-state index is -0.697. The largest absolute Gasteiger partial charge is 0.455 e. The third kappa shape index (κ3) is 4.30. The molecule has 0 atom stereocenters. The quantitative estimate of drug-likeness (QED) is 0.167. The second kappa shape index (κ2) is 12.2. The fourth-order valence-corrected chi connectivity index (χ4v) is 10.6. The Balaban J connectivity index is 1.29. The highest BCUT2D eigenvalue weighted by atomic mass is 16.3. The molecule has 0 unspecified atom stereocenters. The monoisotopic (exact) mass is 750 g/mol. The molecule has 2 nitrogen and oxygen atoms in total. The van der Waals surface area contributed by atoms with Crippen LogP contribution in [0, 0.1) is 0 Å². The standard InChI is InChI=1S/C57H34O2/c1-4-18-35(19-5-1)50-39-25-10-12-27-41(39)51(42-28-13-11-26-40(42)50)45-34-47-54(56-52(45)44-29-15-17-31-49(44)59-56)53-46(33-32-43-38-24-14-16-30-48(38)58-55(43)53)57(47,36-20-6-2-7-21-36)37-22-8-3-9-23-37/h1-34H. The molecule has 0 saturated heterocycles. The number of fused-ring (bicyclic) bond motifs is 13. The maximum absolute atomic E-state index is 7.28. The molecule has 1 aliphatic rings. The van der Waals surface area contributed by atoms with E-state index in [2.05, 4.69) is 206 Å². The zero-order chi connectivity index (χ0) is 38.7. The van der Waals surface area contributed by atoms with Crippen molar-refractivity contribution in [1.82, 2.24) is 0 Å². The van der Waals surface area contributed by atoms with Crippen LogP contribution in [0.1, 0.15) is 22.3 Å². The average molecular weight is 751 g/mol. The molecular formula is C57H34O2. The normalized spacial score (nSPS) is 13.2. The summed E-state index contributed by atoms with van der Waals surface area (Å²) in [5.41, 5.74) is 14.5. The Morgan fingerprint density at radius 2 is 0.763 bits per heavy atom. The van der Waals surface area contributed by atoms with Crippen LogP contribution in [0.5, 0.6) is 0 Å². The molecule has 12 aromatic rings. The fraction of sp³-hybridized carbons (Fsp3) is 0.0175. The molecular weight excluding hydrogens is 717 g/mol. The first-order valence-electron chi connectivity index (χ1n) is 20.3. The van der Waals surface area contributed by atoms with E-state index >= 15 is 0 Å². The van der Waals surface area contributed by atoms with E-state index in [0.29, 0.717) is 0 Å². The summed E-state index contributed by atoms with van der Waals surface area (Å²) in [6, 6.07) is 74.9. The highest BCUT2D eigenvalue weighted by Crippen LogP contribution is 2.62. The van der Waals surface area contributed by atoms with E-state index in [1.807, 2.05) is 0 Å². The Morgan fingerprint density at radius 3 is 1.37 bits per heavy atom. The topological polar surface area (TPSA) is 26.3 Å². The zero-order valence-corrected chi connectivity index (χ0v) is 31.9. The average Bonchev–Trinajstić information content (AvgIpc) is 3.97. The van der Waals surface area contributed by atoms with Crippen LogP contribution in [0.4, 0.5) is 0 Å². The summed E-state index contributed by atoms with van der Waals surface area (Å²) in [5, 5.41) is 9.27. The van der Waals surface area contributed by atoms with Gasteiger partial charge in [-0.25, -0.2) is 0 Å². The van der Waals surface area contributed by atoms with Crippen molar-refractivity contribution < 1.29 is 8.83 Å². The van der Waals surface area contributed by atoms with Crippen molar-refractivity contribution in [2.75, 3.05) is 0 Å². The first kappa shape index (κ1) is 32.4. The van der Waals surface area contributed by atoms with Crippen molar-refractivity contribution in [3.05, 3.63) is 229 Å². The Kier molecular flexibility index (Phi) is 6.68. The smallest absolute Gasteiger partial charge is 0.144 e. The second-order valence-electron chi connectivity index (χ2n) is 15.8. The van der Waals surface area contributed by atoms with Crippen LogP contribution >= 0.6 is 0 Å². The molecule has 0 saturated carbocycles. The third-order valence-electron chi connectivity index (χ3n) is 12.9. The SMILES string of the molecule is c1ccc(-c2c3ccccc3c(-c3cc4c(c5oc6ccccc6c35)-c3c(ccc5c3oc3ccccc35)C4(c3ccccc3)c3ccccc3)c3ccccc23)cc1. The predicted molar refractivity (Wildman–Crippen MR) is 244 cm³/mol. The van der Waals surface area contributed by atoms with Gasteiger partial charge in [-0.15, -0.1) is 0 Å². The van der Waals surface area contributed by atoms with Gasteiger partial charge >= 0.3 is 0 Å². The Bertz CT molecular complexity index is 3550. The Hall–Kier alpha value is -7.68. The van der Waals surface area contributed by atoms with Crippen LogP contribution in [0.15, 0.2) is 215 Å². The summed E-state index contributed by atoms with van der Waals surface area (Å²) in [7, 11) is 0. The lowest BCUT2D eigenvalue weighted by Gasteiger charge is -2.34. The minimum Gasteiger partial charge on any atom is -0.455 e. The molecule has 1 aliphatic carbocycles. The van der Waals surface area contributed by atoms with Crippen LogP contribution in [0.3, 0.4) is 0 Å². The van der Waals surface area contributed by atoms with Crippen molar-refractivity contribution in [2.24, 2.45) is 0 Å². The van der Waals surface area contributed by atoms with Crippen LogP contribution < -0.4 is 0 Å². The number of furan rings is 2. The van der Waals surface area contributed by atoms with Crippen molar-refractivity contribution >= 4 is 65.4 Å². The first-order chi connectivity index (χ1) is 29.3. The van der Waals surface area contributed by atoms with Gasteiger partial charge in [-0.3, -0.25) is 0 Å². The van der Waals surface area contributed by atoms with Gasteiger partial charge in [0.15, 0.2) is 0 Å². The van der Waals surface area contributed by atoms with Gasteiger partial charge in [-0.2, -0.15) is 0 Å². The van der Waals surface area contributed by atoms with Crippen molar-refractivity contribution in [2.45, 2.75) is 5.41 Å². The zero-order valence-electron chi connectivity index (χ0n) is 31.9. The molecule has 0 fully saturated rings. The van der Waals surface area contributed by atoms with Gasteiger partial charge in [-0.1, -0.05) is 188 Å². The molecule has 0 radical (unpaired) electrons. The maximum Gasteiger partial charge on any atom is 0.144 e. The number of hydrogen-bond acceptors (Lipinski definition) is 2. The molecule has 13 rings (SSSR count). The summed E-state index contributed by atoms with van der Waals surface area (Å²) in [6.45, 7) is 0. The Labute approximate surface area is 340 Å². The molecule has 0 N–H and O–H groups in total. The van der Waals surface area contributed by atoms with Gasteiger partial charge in [0.2, 0.25) is 0 Å². The lowest BCUT2D eigenvalue weighted by Crippen LogP contribution is -2.28.